The van der Waals surface area contributed by atoms with Gasteiger partial charge in [0.2, 0.25) is 0 Å². The van der Waals surface area contributed by atoms with Crippen molar-refractivity contribution in [2.24, 2.45) is 0 Å². The molecular formula is C8H6F3NO2. The predicted octanol–water partition coefficient (Wildman–Crippen LogP) is 2.80. The summed E-state index contributed by atoms with van der Waals surface area (Å²) >= 11 is 0. The van der Waals surface area contributed by atoms with Crippen molar-refractivity contribution in [3.05, 3.63) is 29.8 Å². The van der Waals surface area contributed by atoms with Gasteiger partial charge < -0.3 is 5.11 Å². The standard InChI is InChI=1S/C8H6F3NO2/c9-8(10,11)5-2-1-3-6(4-5)12-7(13)14/h1-4,12H,(H,13,14). The van der Waals surface area contributed by atoms with Gasteiger partial charge in [0.15, 0.2) is 0 Å². The third-order valence-electron chi connectivity index (χ3n) is 1.44. The van der Waals surface area contributed by atoms with Gasteiger partial charge in [-0.1, -0.05) is 6.07 Å². The Labute approximate surface area is 77.2 Å². The molecule has 3 nitrogen and oxygen atoms in total. The van der Waals surface area contributed by atoms with Gasteiger partial charge >= 0.3 is 12.3 Å². The maximum absolute atomic E-state index is 12.1. The molecule has 1 aromatic rings. The highest BCUT2D eigenvalue weighted by Gasteiger charge is 2.30. The van der Waals surface area contributed by atoms with E-state index in [1.165, 1.54) is 6.07 Å². The molecule has 0 saturated heterocycles. The lowest BCUT2D eigenvalue weighted by Crippen LogP contribution is -2.09. The van der Waals surface area contributed by atoms with Gasteiger partial charge in [-0.2, -0.15) is 13.2 Å². The number of nitrogens with one attached hydrogen (secondary N) is 1. The van der Waals surface area contributed by atoms with Crippen LogP contribution < -0.4 is 5.32 Å². The molecule has 0 aliphatic heterocycles. The molecule has 14 heavy (non-hydrogen) atoms. The summed E-state index contributed by atoms with van der Waals surface area (Å²) in [5.41, 5.74) is -0.990. The van der Waals surface area contributed by atoms with E-state index in [-0.39, 0.29) is 5.69 Å². The second kappa shape index (κ2) is 3.57. The molecule has 0 atom stereocenters. The molecule has 2 N–H and O–H groups in total. The molecule has 0 heterocycles. The summed E-state index contributed by atoms with van der Waals surface area (Å²) in [5.74, 6) is 0. The topological polar surface area (TPSA) is 49.3 Å². The van der Waals surface area contributed by atoms with Crippen LogP contribution >= 0.6 is 0 Å². The Balaban J connectivity index is 2.95. The highest BCUT2D eigenvalue weighted by molar-refractivity contribution is 5.82. The summed E-state index contributed by atoms with van der Waals surface area (Å²) in [4.78, 5) is 10.1. The van der Waals surface area contributed by atoms with Crippen LogP contribution in [0.15, 0.2) is 24.3 Å². The molecule has 1 aromatic carbocycles. The van der Waals surface area contributed by atoms with Crippen LogP contribution in [0, 0.1) is 0 Å². The van der Waals surface area contributed by atoms with Gasteiger partial charge in [-0.25, -0.2) is 4.79 Å². The number of amides is 1. The van der Waals surface area contributed by atoms with Crippen molar-refractivity contribution in [1.29, 1.82) is 0 Å². The van der Waals surface area contributed by atoms with E-state index in [0.29, 0.717) is 0 Å². The van der Waals surface area contributed by atoms with Gasteiger partial charge in [0.1, 0.15) is 0 Å². The zero-order chi connectivity index (χ0) is 10.8. The van der Waals surface area contributed by atoms with Crippen molar-refractivity contribution < 1.29 is 23.1 Å². The molecule has 1 amide bonds. The lowest BCUT2D eigenvalue weighted by atomic mass is 10.2. The summed E-state index contributed by atoms with van der Waals surface area (Å²) in [6.07, 6.45) is -5.86. The maximum Gasteiger partial charge on any atom is 0.416 e. The molecule has 0 aliphatic rings. The Hall–Kier alpha value is -1.72. The number of hydrogen-bond donors (Lipinski definition) is 2. The van der Waals surface area contributed by atoms with Gasteiger partial charge in [-0.3, -0.25) is 5.32 Å². The van der Waals surface area contributed by atoms with E-state index >= 15 is 0 Å². The van der Waals surface area contributed by atoms with E-state index in [9.17, 15) is 18.0 Å². The highest BCUT2D eigenvalue weighted by atomic mass is 19.4. The first kappa shape index (κ1) is 10.4. The van der Waals surface area contributed by atoms with Gasteiger partial charge in [0.05, 0.1) is 5.56 Å². The van der Waals surface area contributed by atoms with Crippen LogP contribution in [0.4, 0.5) is 23.7 Å². The summed E-state index contributed by atoms with van der Waals surface area (Å²) < 4.78 is 36.4. The lowest BCUT2D eigenvalue weighted by Gasteiger charge is -2.07. The Morgan fingerprint density at radius 1 is 1.36 bits per heavy atom. The largest absolute Gasteiger partial charge is 0.465 e. The van der Waals surface area contributed by atoms with Crippen LogP contribution in [0.1, 0.15) is 5.56 Å². The van der Waals surface area contributed by atoms with Crippen LogP contribution in [0.25, 0.3) is 0 Å². The molecule has 0 spiro atoms. The minimum absolute atomic E-state index is 0.104. The first-order valence-electron chi connectivity index (χ1n) is 3.57. The summed E-state index contributed by atoms with van der Waals surface area (Å²) in [6.45, 7) is 0. The smallest absolute Gasteiger partial charge is 0.416 e. The lowest BCUT2D eigenvalue weighted by molar-refractivity contribution is -0.137. The Morgan fingerprint density at radius 2 is 2.00 bits per heavy atom. The van der Waals surface area contributed by atoms with Crippen molar-refractivity contribution >= 4 is 11.8 Å². The zero-order valence-corrected chi connectivity index (χ0v) is 6.80. The minimum atomic E-state index is -4.46. The van der Waals surface area contributed by atoms with Crippen molar-refractivity contribution in [2.75, 3.05) is 5.32 Å². The number of carbonyl (C=O) groups is 1. The number of alkyl halides is 3. The van der Waals surface area contributed by atoms with Gasteiger partial charge in [-0.15, -0.1) is 0 Å². The molecule has 0 radical (unpaired) electrons. The van der Waals surface area contributed by atoms with Gasteiger partial charge in [0.25, 0.3) is 0 Å². The second-order valence-corrected chi connectivity index (χ2v) is 2.51. The van der Waals surface area contributed by atoms with Crippen molar-refractivity contribution in [1.82, 2.24) is 0 Å². The molecule has 0 aromatic heterocycles. The van der Waals surface area contributed by atoms with Crippen molar-refractivity contribution in [2.45, 2.75) is 6.18 Å². The van der Waals surface area contributed by atoms with E-state index in [1.807, 2.05) is 5.32 Å². The molecule has 0 saturated carbocycles. The Kier molecular flexibility index (Phi) is 2.64. The van der Waals surface area contributed by atoms with Crippen LogP contribution in [-0.4, -0.2) is 11.2 Å². The third kappa shape index (κ3) is 2.65. The molecule has 0 bridgehead atoms. The molecule has 6 heteroatoms. The first-order valence-corrected chi connectivity index (χ1v) is 3.57. The molecular weight excluding hydrogens is 199 g/mol. The third-order valence-corrected chi connectivity index (χ3v) is 1.44. The molecule has 0 aliphatic carbocycles. The number of rotatable bonds is 1. The number of carboxylic acid groups (broad SMARTS) is 1. The van der Waals surface area contributed by atoms with E-state index in [4.69, 9.17) is 5.11 Å². The zero-order valence-electron chi connectivity index (χ0n) is 6.80. The quantitative estimate of drug-likeness (QED) is 0.740. The maximum atomic E-state index is 12.1. The average Bonchev–Trinajstić information content (AvgIpc) is 2.01. The van der Waals surface area contributed by atoms with Crippen molar-refractivity contribution in [3.8, 4) is 0 Å². The number of anilines is 1. The molecule has 0 unspecified atom stereocenters. The fourth-order valence-electron chi connectivity index (χ4n) is 0.897. The second-order valence-electron chi connectivity index (χ2n) is 2.51. The van der Waals surface area contributed by atoms with Gasteiger partial charge in [-0.05, 0) is 18.2 Å². The van der Waals surface area contributed by atoms with E-state index in [2.05, 4.69) is 0 Å². The Morgan fingerprint density at radius 3 is 2.50 bits per heavy atom. The number of halogens is 3. The molecule has 0 fully saturated rings. The first-order chi connectivity index (χ1) is 6.39. The van der Waals surface area contributed by atoms with E-state index < -0.39 is 17.8 Å². The fraction of sp³-hybridized carbons (Fsp3) is 0.125. The van der Waals surface area contributed by atoms with Crippen LogP contribution in [0.2, 0.25) is 0 Å². The molecule has 1 rings (SSSR count). The normalized spacial score (nSPS) is 11.1. The minimum Gasteiger partial charge on any atom is -0.465 e. The summed E-state index contributed by atoms with van der Waals surface area (Å²) in [7, 11) is 0. The predicted molar refractivity (Wildman–Crippen MR) is 43.1 cm³/mol. The SMILES string of the molecule is O=C(O)Nc1cccc(C(F)(F)F)c1. The van der Waals surface area contributed by atoms with Gasteiger partial charge in [0, 0.05) is 5.69 Å². The number of hydrogen-bond acceptors (Lipinski definition) is 1. The Bertz CT molecular complexity index is 349. The monoisotopic (exact) mass is 205 g/mol. The van der Waals surface area contributed by atoms with Crippen LogP contribution in [-0.2, 0) is 6.18 Å². The number of benzene rings is 1. The van der Waals surface area contributed by atoms with E-state index in [1.54, 1.807) is 0 Å². The van der Waals surface area contributed by atoms with Crippen LogP contribution in [0.5, 0.6) is 0 Å². The average molecular weight is 205 g/mol. The van der Waals surface area contributed by atoms with Crippen LogP contribution in [0.3, 0.4) is 0 Å². The summed E-state index contributed by atoms with van der Waals surface area (Å²) in [5, 5.41) is 10.1. The molecule has 76 valence electrons. The summed E-state index contributed by atoms with van der Waals surface area (Å²) in [6, 6.07) is 3.97. The van der Waals surface area contributed by atoms with Crippen molar-refractivity contribution in [3.63, 3.8) is 0 Å². The fourth-order valence-corrected chi connectivity index (χ4v) is 0.897. The highest BCUT2D eigenvalue weighted by Crippen LogP contribution is 2.30. The van der Waals surface area contributed by atoms with E-state index in [0.717, 1.165) is 18.2 Å².